The molecule has 0 saturated heterocycles. The van der Waals surface area contributed by atoms with Crippen molar-refractivity contribution in [2.45, 2.75) is 44.0 Å². The molecular weight excluding hydrogens is 308 g/mol. The number of hydrogen-bond donors (Lipinski definition) is 2. The van der Waals surface area contributed by atoms with Crippen molar-refractivity contribution in [1.29, 1.82) is 0 Å². The molecule has 0 amide bonds. The van der Waals surface area contributed by atoms with Crippen LogP contribution in [0.25, 0.3) is 0 Å². The van der Waals surface area contributed by atoms with E-state index in [1.54, 1.807) is 0 Å². The van der Waals surface area contributed by atoms with Crippen LogP contribution in [-0.2, 0) is 10.0 Å². The number of nitrogens with zero attached hydrogens (tertiary/aromatic N) is 1. The summed E-state index contributed by atoms with van der Waals surface area (Å²) < 4.78 is 27.7. The maximum Gasteiger partial charge on any atom is 0.269 e. The molecule has 0 spiro atoms. The molecule has 7 nitrogen and oxygen atoms in total. The molecule has 1 aliphatic rings. The van der Waals surface area contributed by atoms with E-state index in [0.29, 0.717) is 12.0 Å². The number of sulfonamides is 1. The van der Waals surface area contributed by atoms with E-state index in [4.69, 9.17) is 0 Å². The summed E-state index contributed by atoms with van der Waals surface area (Å²) in [6.45, 7) is 3.30. The average Bonchev–Trinajstić information content (AvgIpc) is 2.79. The number of aliphatic hydroxyl groups excluding tert-OH is 1. The lowest BCUT2D eigenvalue weighted by Gasteiger charge is -2.30. The zero-order valence-electron chi connectivity index (χ0n) is 12.6. The number of rotatable bonds is 5. The third kappa shape index (κ3) is 3.13. The summed E-state index contributed by atoms with van der Waals surface area (Å²) in [5.41, 5.74) is -0.287. The molecule has 2 N–H and O–H groups in total. The van der Waals surface area contributed by atoms with E-state index in [0.717, 1.165) is 12.8 Å². The van der Waals surface area contributed by atoms with Gasteiger partial charge >= 0.3 is 0 Å². The van der Waals surface area contributed by atoms with Gasteiger partial charge in [0, 0.05) is 30.2 Å². The highest BCUT2D eigenvalue weighted by molar-refractivity contribution is 7.89. The predicted octanol–water partition coefficient (Wildman–Crippen LogP) is 1.73. The van der Waals surface area contributed by atoms with Gasteiger partial charge in [0.2, 0.25) is 10.0 Å². The Balaban J connectivity index is 2.30. The molecule has 0 heterocycles. The highest BCUT2D eigenvalue weighted by atomic mass is 32.2. The molecule has 122 valence electrons. The molecule has 2 atom stereocenters. The van der Waals surface area contributed by atoms with Crippen molar-refractivity contribution in [3.8, 4) is 0 Å². The van der Waals surface area contributed by atoms with E-state index in [-0.39, 0.29) is 23.2 Å². The Labute approximate surface area is 129 Å². The van der Waals surface area contributed by atoms with E-state index < -0.39 is 20.4 Å². The molecule has 1 aromatic rings. The van der Waals surface area contributed by atoms with Gasteiger partial charge in [0.1, 0.15) is 0 Å². The molecule has 8 heteroatoms. The van der Waals surface area contributed by atoms with Gasteiger partial charge in [-0.15, -0.1) is 0 Å². The van der Waals surface area contributed by atoms with E-state index in [1.165, 1.54) is 25.1 Å². The molecule has 1 saturated carbocycles. The number of benzene rings is 1. The summed E-state index contributed by atoms with van der Waals surface area (Å²) in [4.78, 5) is 10.2. The lowest BCUT2D eigenvalue weighted by atomic mass is 9.86. The largest absolute Gasteiger partial charge is 0.396 e. The molecule has 0 unspecified atom stereocenters. The Bertz CT molecular complexity index is 688. The summed E-state index contributed by atoms with van der Waals surface area (Å²) in [6, 6.07) is 3.34. The first kappa shape index (κ1) is 16.9. The van der Waals surface area contributed by atoms with Crippen molar-refractivity contribution in [3.63, 3.8) is 0 Å². The summed E-state index contributed by atoms with van der Waals surface area (Å²) >= 11 is 0. The van der Waals surface area contributed by atoms with Gasteiger partial charge in [-0.3, -0.25) is 10.1 Å². The molecular formula is C14H20N2O5S. The smallest absolute Gasteiger partial charge is 0.269 e. The van der Waals surface area contributed by atoms with Gasteiger partial charge in [-0.25, -0.2) is 13.1 Å². The van der Waals surface area contributed by atoms with E-state index in [9.17, 15) is 23.6 Å². The normalized spacial score (nSPS) is 25.3. The maximum atomic E-state index is 12.5. The van der Waals surface area contributed by atoms with Crippen molar-refractivity contribution in [3.05, 3.63) is 33.9 Å². The van der Waals surface area contributed by atoms with Crippen LogP contribution < -0.4 is 4.72 Å². The Morgan fingerprint density at radius 3 is 2.73 bits per heavy atom. The van der Waals surface area contributed by atoms with Crippen LogP contribution in [0.3, 0.4) is 0 Å². The molecule has 2 rings (SSSR count). The minimum absolute atomic E-state index is 0.0327. The quantitative estimate of drug-likeness (QED) is 0.632. The van der Waals surface area contributed by atoms with Crippen LogP contribution in [0.2, 0.25) is 0 Å². The van der Waals surface area contributed by atoms with Gasteiger partial charge in [0.25, 0.3) is 5.69 Å². The predicted molar refractivity (Wildman–Crippen MR) is 81.0 cm³/mol. The third-order valence-electron chi connectivity index (χ3n) is 4.40. The van der Waals surface area contributed by atoms with Crippen LogP contribution in [0.5, 0.6) is 0 Å². The van der Waals surface area contributed by atoms with Crippen molar-refractivity contribution in [2.75, 3.05) is 6.61 Å². The van der Waals surface area contributed by atoms with Crippen LogP contribution in [0.1, 0.15) is 31.7 Å². The number of hydrogen-bond acceptors (Lipinski definition) is 5. The fraction of sp³-hybridized carbons (Fsp3) is 0.571. The average molecular weight is 328 g/mol. The number of nitro benzene ring substituents is 1. The first-order valence-corrected chi connectivity index (χ1v) is 8.56. The highest BCUT2D eigenvalue weighted by Crippen LogP contribution is 2.38. The van der Waals surface area contributed by atoms with Crippen LogP contribution in [0.15, 0.2) is 23.1 Å². The van der Waals surface area contributed by atoms with Gasteiger partial charge in [0.15, 0.2) is 0 Å². The topological polar surface area (TPSA) is 110 Å². The molecule has 22 heavy (non-hydrogen) atoms. The Morgan fingerprint density at radius 2 is 2.18 bits per heavy atom. The second-order valence-electron chi connectivity index (χ2n) is 6.09. The van der Waals surface area contributed by atoms with Crippen LogP contribution in [-0.4, -0.2) is 31.1 Å². The van der Waals surface area contributed by atoms with Crippen molar-refractivity contribution in [2.24, 2.45) is 5.41 Å². The van der Waals surface area contributed by atoms with E-state index in [1.807, 2.05) is 6.92 Å². The Hall–Kier alpha value is -1.51. The van der Waals surface area contributed by atoms with E-state index in [2.05, 4.69) is 4.72 Å². The summed E-state index contributed by atoms with van der Waals surface area (Å²) in [6.07, 6.45) is 2.28. The van der Waals surface area contributed by atoms with Gasteiger partial charge < -0.3 is 5.11 Å². The first-order chi connectivity index (χ1) is 10.2. The second-order valence-corrected chi connectivity index (χ2v) is 7.77. The Kier molecular flexibility index (Phi) is 4.55. The van der Waals surface area contributed by atoms with Crippen LogP contribution >= 0.6 is 0 Å². The SMILES string of the molecule is Cc1cc([N+](=O)[O-])ccc1S(=O)(=O)N[C@H]1CCC[C@]1(C)CO. The molecule has 1 aromatic carbocycles. The molecule has 0 aromatic heterocycles. The van der Waals surface area contributed by atoms with Gasteiger partial charge in [-0.05, 0) is 31.4 Å². The number of non-ortho nitro benzene ring substituents is 1. The third-order valence-corrected chi connectivity index (χ3v) is 6.03. The van der Waals surface area contributed by atoms with E-state index >= 15 is 0 Å². The first-order valence-electron chi connectivity index (χ1n) is 7.08. The maximum absolute atomic E-state index is 12.5. The van der Waals surface area contributed by atoms with Gasteiger partial charge in [-0.2, -0.15) is 0 Å². The van der Waals surface area contributed by atoms with Crippen LogP contribution in [0.4, 0.5) is 5.69 Å². The molecule has 1 fully saturated rings. The summed E-state index contributed by atoms with van der Waals surface area (Å²) in [5, 5.41) is 20.2. The molecule has 0 aliphatic heterocycles. The zero-order valence-corrected chi connectivity index (χ0v) is 13.4. The monoisotopic (exact) mass is 328 g/mol. The second kappa shape index (κ2) is 5.94. The number of aliphatic hydroxyl groups is 1. The lowest BCUT2D eigenvalue weighted by molar-refractivity contribution is -0.385. The minimum atomic E-state index is -3.78. The van der Waals surface area contributed by atoms with Crippen molar-refractivity contribution < 1.29 is 18.4 Å². The fourth-order valence-electron chi connectivity index (χ4n) is 2.92. The molecule has 1 aliphatic carbocycles. The van der Waals surface area contributed by atoms with Gasteiger partial charge in [0.05, 0.1) is 9.82 Å². The summed E-state index contributed by atoms with van der Waals surface area (Å²) in [7, 11) is -3.78. The summed E-state index contributed by atoms with van der Waals surface area (Å²) in [5.74, 6) is 0. The number of aryl methyl sites for hydroxylation is 1. The Morgan fingerprint density at radius 1 is 1.50 bits per heavy atom. The van der Waals surface area contributed by atoms with Gasteiger partial charge in [-0.1, -0.05) is 13.3 Å². The molecule has 0 bridgehead atoms. The van der Waals surface area contributed by atoms with Crippen molar-refractivity contribution >= 4 is 15.7 Å². The standard InChI is InChI=1S/C14H20N2O5S/c1-10-8-11(16(18)19)5-6-12(10)22(20,21)15-13-4-3-7-14(13,2)9-17/h5-6,8,13,15,17H,3-4,7,9H2,1-2H3/t13-,14+/m0/s1. The zero-order chi connectivity index (χ0) is 16.5. The highest BCUT2D eigenvalue weighted by Gasteiger charge is 2.40. The van der Waals surface area contributed by atoms with Crippen molar-refractivity contribution in [1.82, 2.24) is 4.72 Å². The van der Waals surface area contributed by atoms with Crippen LogP contribution in [0, 0.1) is 22.5 Å². The minimum Gasteiger partial charge on any atom is -0.396 e. The number of nitro groups is 1. The number of nitrogens with one attached hydrogen (secondary N) is 1. The lowest BCUT2D eigenvalue weighted by Crippen LogP contribution is -2.44. The molecule has 0 radical (unpaired) electrons. The fourth-order valence-corrected chi connectivity index (χ4v) is 4.56.